The van der Waals surface area contributed by atoms with Gasteiger partial charge in [0.1, 0.15) is 19.0 Å². The third-order valence-corrected chi connectivity index (χ3v) is 7.73. The maximum Gasteiger partial charge on any atom is 0.283 e. The topological polar surface area (TPSA) is 140 Å². The molecule has 13 heteroatoms. The third-order valence-electron chi connectivity index (χ3n) is 5.32. The molecule has 0 unspecified atom stereocenters. The number of methoxy groups -OCH3 is 2. The number of nitrogens with one attached hydrogen (secondary N) is 1. The molecule has 11 nitrogen and oxygen atoms in total. The highest BCUT2D eigenvalue weighted by molar-refractivity contribution is 8.16. The maximum atomic E-state index is 12.6. The van der Waals surface area contributed by atoms with Crippen molar-refractivity contribution in [3.63, 3.8) is 0 Å². The summed E-state index contributed by atoms with van der Waals surface area (Å²) in [6.07, 6.45) is 1.45. The molecule has 194 valence electrons. The van der Waals surface area contributed by atoms with Crippen LogP contribution in [0.1, 0.15) is 12.5 Å². The van der Waals surface area contributed by atoms with E-state index in [1.807, 2.05) is 12.1 Å². The number of para-hydroxylation sites is 2. The Hall–Kier alpha value is -3.84. The largest absolute Gasteiger partial charge is 0.493 e. The fourth-order valence-corrected chi connectivity index (χ4v) is 5.39. The Labute approximate surface area is 218 Å². The molecule has 2 aliphatic rings. The fourth-order valence-electron chi connectivity index (χ4n) is 3.43. The van der Waals surface area contributed by atoms with Crippen LogP contribution in [0.15, 0.2) is 57.4 Å². The quantitative estimate of drug-likeness (QED) is 0.286. The number of ether oxygens (including phenoxy) is 4. The van der Waals surface area contributed by atoms with E-state index in [-0.39, 0.29) is 40.7 Å². The number of benzene rings is 2. The molecule has 4 rings (SSSR count). The number of rotatable bonds is 9. The van der Waals surface area contributed by atoms with E-state index in [0.717, 1.165) is 16.8 Å². The molecule has 0 atom stereocenters. The molecule has 2 heterocycles. The van der Waals surface area contributed by atoms with Gasteiger partial charge in [-0.15, -0.1) is 0 Å². The monoisotopic (exact) mass is 544 g/mol. The van der Waals surface area contributed by atoms with Crippen molar-refractivity contribution in [2.24, 2.45) is 9.39 Å². The van der Waals surface area contributed by atoms with Crippen LogP contribution in [0.5, 0.6) is 23.0 Å². The number of nitrogens with zero attached hydrogens (tertiary/aromatic N) is 3. The highest BCUT2D eigenvalue weighted by Crippen LogP contribution is 2.32. The van der Waals surface area contributed by atoms with Crippen LogP contribution in [0.4, 0.5) is 0 Å². The lowest BCUT2D eigenvalue weighted by molar-refractivity contribution is -0.114. The first-order valence-electron chi connectivity index (χ1n) is 11.1. The zero-order chi connectivity index (χ0) is 26.6. The van der Waals surface area contributed by atoms with Gasteiger partial charge in [0, 0.05) is 0 Å². The highest BCUT2D eigenvalue weighted by atomic mass is 32.2. The van der Waals surface area contributed by atoms with Gasteiger partial charge in [0.15, 0.2) is 23.0 Å². The predicted molar refractivity (Wildman–Crippen MR) is 141 cm³/mol. The number of carbonyl (C=O) groups is 1. The molecule has 0 saturated carbocycles. The second kappa shape index (κ2) is 11.0. The fraction of sp³-hybridized carbons (Fsp3) is 0.250. The van der Waals surface area contributed by atoms with E-state index < -0.39 is 15.7 Å². The minimum atomic E-state index is -3.72. The Balaban J connectivity index is 1.49. The van der Waals surface area contributed by atoms with E-state index in [2.05, 4.69) is 9.39 Å². The number of hydrogen-bond donors (Lipinski definition) is 1. The minimum absolute atomic E-state index is 0.0378. The van der Waals surface area contributed by atoms with Crippen molar-refractivity contribution in [1.82, 2.24) is 4.90 Å². The first-order chi connectivity index (χ1) is 17.8. The molecule has 0 aliphatic carbocycles. The Morgan fingerprint density at radius 3 is 2.30 bits per heavy atom. The van der Waals surface area contributed by atoms with Gasteiger partial charge in [-0.3, -0.25) is 10.2 Å². The van der Waals surface area contributed by atoms with E-state index in [9.17, 15) is 13.2 Å². The molecule has 1 amide bonds. The Kier molecular flexibility index (Phi) is 7.83. The van der Waals surface area contributed by atoms with Gasteiger partial charge in [-0.1, -0.05) is 25.1 Å². The lowest BCUT2D eigenvalue weighted by atomic mass is 10.1. The zero-order valence-corrected chi connectivity index (χ0v) is 21.9. The molecule has 0 bridgehead atoms. The van der Waals surface area contributed by atoms with Gasteiger partial charge >= 0.3 is 0 Å². The van der Waals surface area contributed by atoms with Crippen LogP contribution >= 0.6 is 11.9 Å². The summed E-state index contributed by atoms with van der Waals surface area (Å²) >= 11 is 0.753. The smallest absolute Gasteiger partial charge is 0.283 e. The van der Waals surface area contributed by atoms with E-state index >= 15 is 0 Å². The molecule has 2 aromatic rings. The number of fused-ring (bicyclic) bond motifs is 1. The van der Waals surface area contributed by atoms with Crippen LogP contribution in [0, 0.1) is 5.41 Å². The molecule has 2 aromatic carbocycles. The summed E-state index contributed by atoms with van der Waals surface area (Å²) in [5.41, 5.74) is 0.455. The van der Waals surface area contributed by atoms with Crippen molar-refractivity contribution < 1.29 is 32.2 Å². The maximum absolute atomic E-state index is 12.6. The summed E-state index contributed by atoms with van der Waals surface area (Å²) in [4.78, 5) is 17.6. The minimum Gasteiger partial charge on any atom is -0.493 e. The van der Waals surface area contributed by atoms with Crippen molar-refractivity contribution >= 4 is 49.9 Å². The van der Waals surface area contributed by atoms with Gasteiger partial charge in [0.05, 0.1) is 37.5 Å². The van der Waals surface area contributed by atoms with Crippen molar-refractivity contribution in [3.05, 3.63) is 53.6 Å². The zero-order valence-electron chi connectivity index (χ0n) is 20.3. The molecule has 37 heavy (non-hydrogen) atoms. The van der Waals surface area contributed by atoms with Gasteiger partial charge in [0.25, 0.3) is 5.91 Å². The van der Waals surface area contributed by atoms with Gasteiger partial charge in [0.2, 0.25) is 20.2 Å². The van der Waals surface area contributed by atoms with Crippen LogP contribution in [0.3, 0.4) is 0 Å². The van der Waals surface area contributed by atoms with Crippen LogP contribution in [0.25, 0.3) is 6.08 Å². The van der Waals surface area contributed by atoms with Crippen LogP contribution in [-0.2, 0) is 14.6 Å². The molecule has 1 N–H and O–H groups in total. The molecule has 0 spiro atoms. The molecule has 0 fully saturated rings. The SMILES string of the molecule is CCS(=O)(=O)C1=NSC2=NC(=O)/C(=C\c3ccc(OCCOc4ccccc4OC)c(OC)c3)C(=N)N21. The predicted octanol–water partition coefficient (Wildman–Crippen LogP) is 3.17. The number of hydrogen-bond acceptors (Lipinski definition) is 10. The average molecular weight is 545 g/mol. The van der Waals surface area contributed by atoms with E-state index in [1.54, 1.807) is 37.4 Å². The lowest BCUT2D eigenvalue weighted by Crippen LogP contribution is -2.45. The van der Waals surface area contributed by atoms with E-state index in [4.69, 9.17) is 24.4 Å². The highest BCUT2D eigenvalue weighted by Gasteiger charge is 2.42. The van der Waals surface area contributed by atoms with Crippen molar-refractivity contribution in [3.8, 4) is 23.0 Å². The molecule has 0 radical (unpaired) electrons. The molecular weight excluding hydrogens is 520 g/mol. The summed E-state index contributed by atoms with van der Waals surface area (Å²) in [6, 6.07) is 12.3. The molecular formula is C24H24N4O7S2. The van der Waals surface area contributed by atoms with Gasteiger partial charge < -0.3 is 18.9 Å². The number of amides is 1. The average Bonchev–Trinajstić information content (AvgIpc) is 3.34. The Bertz CT molecular complexity index is 1430. The summed E-state index contributed by atoms with van der Waals surface area (Å²) in [5, 5.41) is 8.24. The van der Waals surface area contributed by atoms with Crippen LogP contribution < -0.4 is 18.9 Å². The van der Waals surface area contributed by atoms with Crippen molar-refractivity contribution in [2.45, 2.75) is 6.92 Å². The standard InChI is InChI=1S/C24H24N4O7S2/c1-4-37(30,31)24-27-36-23-26-22(29)16(21(25)28(23)24)13-15-9-10-19(20(14-15)33-3)35-12-11-34-18-8-6-5-7-17(18)32-2/h5-10,13-14,25H,4,11-12H2,1-3H3/b16-13-,25-21?. The van der Waals surface area contributed by atoms with Gasteiger partial charge in [-0.2, -0.15) is 9.39 Å². The molecule has 0 aromatic heterocycles. The van der Waals surface area contributed by atoms with Crippen molar-refractivity contribution in [2.75, 3.05) is 33.2 Å². The van der Waals surface area contributed by atoms with Crippen molar-refractivity contribution in [1.29, 1.82) is 5.41 Å². The first-order valence-corrected chi connectivity index (χ1v) is 13.5. The Morgan fingerprint density at radius 1 is 1.00 bits per heavy atom. The summed E-state index contributed by atoms with van der Waals surface area (Å²) in [6.45, 7) is 1.98. The van der Waals surface area contributed by atoms with E-state index in [1.165, 1.54) is 20.1 Å². The summed E-state index contributed by atoms with van der Waals surface area (Å²) < 4.78 is 50.9. The first kappa shape index (κ1) is 26.2. The van der Waals surface area contributed by atoms with Gasteiger partial charge in [-0.25, -0.2) is 13.3 Å². The summed E-state index contributed by atoms with van der Waals surface area (Å²) in [5.74, 6) is 0.903. The third kappa shape index (κ3) is 5.47. The lowest BCUT2D eigenvalue weighted by Gasteiger charge is -2.24. The number of aliphatic imine (C=N–C) groups is 1. The number of carbonyl (C=O) groups excluding carboxylic acids is 1. The van der Waals surface area contributed by atoms with Crippen LogP contribution in [0.2, 0.25) is 0 Å². The second-order valence-electron chi connectivity index (χ2n) is 7.57. The molecule has 0 saturated heterocycles. The van der Waals surface area contributed by atoms with Crippen LogP contribution in [-0.4, -0.2) is 68.6 Å². The number of sulfone groups is 1. The van der Waals surface area contributed by atoms with E-state index in [0.29, 0.717) is 28.6 Å². The summed E-state index contributed by atoms with van der Waals surface area (Å²) in [7, 11) is -0.675. The Morgan fingerprint density at radius 2 is 1.65 bits per heavy atom. The normalized spacial score (nSPS) is 16.3. The van der Waals surface area contributed by atoms with Gasteiger partial charge in [-0.05, 0) is 35.9 Å². The number of amidine groups is 3. The molecule has 2 aliphatic heterocycles. The second-order valence-corrected chi connectivity index (χ2v) is 10.5.